The molecule has 0 bridgehead atoms. The van der Waals surface area contributed by atoms with E-state index in [9.17, 15) is 8.42 Å². The van der Waals surface area contributed by atoms with Gasteiger partial charge in [0.05, 0.1) is 21.5 Å². The Kier molecular flexibility index (Phi) is 4.25. The first-order valence-corrected chi connectivity index (χ1v) is 6.81. The van der Waals surface area contributed by atoms with Crippen LogP contribution in [0.4, 0.5) is 5.69 Å². The summed E-state index contributed by atoms with van der Waals surface area (Å²) in [4.78, 5) is 0. The number of hydrogen-bond acceptors (Lipinski definition) is 2. The molecule has 1 rings (SSSR count). The van der Waals surface area contributed by atoms with Crippen molar-refractivity contribution in [3.05, 3.63) is 28.2 Å². The van der Waals surface area contributed by atoms with Gasteiger partial charge >= 0.3 is 0 Å². The normalized spacial score (nSPS) is 11.4. The zero-order chi connectivity index (χ0) is 11.5. The number of anilines is 1. The highest BCUT2D eigenvalue weighted by Crippen LogP contribution is 2.30. The summed E-state index contributed by atoms with van der Waals surface area (Å²) in [6.07, 6.45) is 0.539. The first kappa shape index (κ1) is 12.6. The molecule has 0 amide bonds. The molecule has 6 heteroatoms. The van der Waals surface area contributed by atoms with Gasteiger partial charge in [0.15, 0.2) is 0 Å². The Bertz CT molecular complexity index is 425. The van der Waals surface area contributed by atoms with E-state index in [1.54, 1.807) is 25.1 Å². The number of rotatable bonds is 4. The molecule has 0 spiro atoms. The molecule has 0 aliphatic heterocycles. The lowest BCUT2D eigenvalue weighted by Gasteiger charge is -2.10. The highest BCUT2D eigenvalue weighted by Gasteiger charge is 2.13. The monoisotopic (exact) mass is 267 g/mol. The molecule has 0 aliphatic rings. The molecular weight excluding hydrogens is 257 g/mol. The van der Waals surface area contributed by atoms with Crippen LogP contribution in [-0.2, 0) is 10.0 Å². The van der Waals surface area contributed by atoms with Crippen molar-refractivity contribution in [3.63, 3.8) is 0 Å². The molecule has 0 unspecified atom stereocenters. The molecule has 1 N–H and O–H groups in total. The van der Waals surface area contributed by atoms with Gasteiger partial charge in [-0.25, -0.2) is 8.42 Å². The zero-order valence-electron chi connectivity index (χ0n) is 8.13. The first-order chi connectivity index (χ1) is 6.96. The molecule has 1 aromatic carbocycles. The van der Waals surface area contributed by atoms with Crippen molar-refractivity contribution in [2.24, 2.45) is 0 Å². The molecule has 0 saturated carbocycles. The molecule has 0 heterocycles. The first-order valence-electron chi connectivity index (χ1n) is 4.41. The summed E-state index contributed by atoms with van der Waals surface area (Å²) < 4.78 is 25.3. The minimum absolute atomic E-state index is 0.0502. The van der Waals surface area contributed by atoms with Gasteiger partial charge in [-0.1, -0.05) is 36.2 Å². The van der Waals surface area contributed by atoms with Crippen LogP contribution in [0.5, 0.6) is 0 Å². The van der Waals surface area contributed by atoms with E-state index in [-0.39, 0.29) is 11.4 Å². The highest BCUT2D eigenvalue weighted by molar-refractivity contribution is 7.92. The molecule has 0 radical (unpaired) electrons. The van der Waals surface area contributed by atoms with Crippen LogP contribution in [0.15, 0.2) is 18.2 Å². The maximum atomic E-state index is 11.5. The van der Waals surface area contributed by atoms with Crippen LogP contribution < -0.4 is 4.72 Å². The molecule has 1 aromatic rings. The van der Waals surface area contributed by atoms with Gasteiger partial charge in [-0.2, -0.15) is 0 Å². The van der Waals surface area contributed by atoms with E-state index >= 15 is 0 Å². The van der Waals surface area contributed by atoms with Crippen molar-refractivity contribution in [1.82, 2.24) is 0 Å². The van der Waals surface area contributed by atoms with Crippen LogP contribution in [0.3, 0.4) is 0 Å². The predicted molar refractivity (Wildman–Crippen MR) is 64.2 cm³/mol. The molecule has 0 saturated heterocycles. The van der Waals surface area contributed by atoms with E-state index in [0.29, 0.717) is 16.5 Å². The van der Waals surface area contributed by atoms with Gasteiger partial charge in [-0.3, -0.25) is 4.72 Å². The summed E-state index contributed by atoms with van der Waals surface area (Å²) in [5.74, 6) is 0.0502. The minimum atomic E-state index is -3.35. The van der Waals surface area contributed by atoms with Crippen LogP contribution >= 0.6 is 23.2 Å². The van der Waals surface area contributed by atoms with Crippen molar-refractivity contribution >= 4 is 38.9 Å². The molecule has 0 aromatic heterocycles. The Hall–Kier alpha value is -0.450. The smallest absolute Gasteiger partial charge is 0.232 e. The second kappa shape index (κ2) is 5.05. The lowest BCUT2D eigenvalue weighted by molar-refractivity contribution is 0.600. The van der Waals surface area contributed by atoms with Crippen LogP contribution in [0.1, 0.15) is 13.3 Å². The Morgan fingerprint density at radius 1 is 1.27 bits per heavy atom. The topological polar surface area (TPSA) is 46.2 Å². The van der Waals surface area contributed by atoms with Crippen LogP contribution in [0.2, 0.25) is 10.0 Å². The third-order valence-electron chi connectivity index (χ3n) is 1.69. The number of halogens is 2. The van der Waals surface area contributed by atoms with Crippen LogP contribution in [0.25, 0.3) is 0 Å². The molecular formula is C9H11Cl2NO2S. The third-order valence-corrected chi connectivity index (χ3v) is 3.78. The summed E-state index contributed by atoms with van der Waals surface area (Å²) in [5.41, 5.74) is 0.245. The number of nitrogens with one attached hydrogen (secondary N) is 1. The summed E-state index contributed by atoms with van der Waals surface area (Å²) in [7, 11) is -3.35. The lowest BCUT2D eigenvalue weighted by Crippen LogP contribution is -2.16. The Morgan fingerprint density at radius 3 is 2.27 bits per heavy atom. The maximum Gasteiger partial charge on any atom is 0.232 e. The van der Waals surface area contributed by atoms with E-state index in [2.05, 4.69) is 4.72 Å². The van der Waals surface area contributed by atoms with Crippen molar-refractivity contribution in [1.29, 1.82) is 0 Å². The van der Waals surface area contributed by atoms with E-state index in [4.69, 9.17) is 23.2 Å². The van der Waals surface area contributed by atoms with Crippen molar-refractivity contribution in [3.8, 4) is 0 Å². The van der Waals surface area contributed by atoms with Gasteiger partial charge in [0, 0.05) is 0 Å². The fraction of sp³-hybridized carbons (Fsp3) is 0.333. The van der Waals surface area contributed by atoms with E-state index in [0.717, 1.165) is 0 Å². The zero-order valence-corrected chi connectivity index (χ0v) is 10.5. The number of para-hydroxylation sites is 1. The number of benzene rings is 1. The van der Waals surface area contributed by atoms with E-state index < -0.39 is 10.0 Å². The Morgan fingerprint density at radius 2 is 1.80 bits per heavy atom. The predicted octanol–water partition coefficient (Wildman–Crippen LogP) is 3.15. The summed E-state index contributed by atoms with van der Waals surface area (Å²) in [6, 6.07) is 4.82. The van der Waals surface area contributed by atoms with E-state index in [1.165, 1.54) is 0 Å². The SMILES string of the molecule is CCCS(=O)(=O)Nc1c(Cl)cccc1Cl. The molecule has 0 aliphatic carbocycles. The quantitative estimate of drug-likeness (QED) is 0.911. The van der Waals surface area contributed by atoms with Gasteiger partial charge < -0.3 is 0 Å². The molecule has 15 heavy (non-hydrogen) atoms. The van der Waals surface area contributed by atoms with Gasteiger partial charge in [-0.15, -0.1) is 0 Å². The Labute approximate surface area is 99.4 Å². The highest BCUT2D eigenvalue weighted by atomic mass is 35.5. The van der Waals surface area contributed by atoms with Crippen molar-refractivity contribution in [2.75, 3.05) is 10.5 Å². The van der Waals surface area contributed by atoms with Gasteiger partial charge in [0.25, 0.3) is 0 Å². The molecule has 84 valence electrons. The summed E-state index contributed by atoms with van der Waals surface area (Å²) >= 11 is 11.6. The van der Waals surface area contributed by atoms with Crippen LogP contribution in [-0.4, -0.2) is 14.2 Å². The largest absolute Gasteiger partial charge is 0.281 e. The standard InChI is InChI=1S/C9H11Cl2NO2S/c1-2-6-15(13,14)12-9-7(10)4-3-5-8(9)11/h3-5,12H,2,6H2,1H3. The van der Waals surface area contributed by atoms with E-state index in [1.807, 2.05) is 0 Å². The van der Waals surface area contributed by atoms with Gasteiger partial charge in [0.1, 0.15) is 0 Å². The number of sulfonamides is 1. The lowest BCUT2D eigenvalue weighted by atomic mass is 10.3. The Balaban J connectivity index is 2.99. The second-order valence-corrected chi connectivity index (χ2v) is 5.67. The average Bonchev–Trinajstić information content (AvgIpc) is 2.11. The molecule has 0 atom stereocenters. The minimum Gasteiger partial charge on any atom is -0.281 e. The molecule has 0 fully saturated rings. The third kappa shape index (κ3) is 3.55. The number of hydrogen-bond donors (Lipinski definition) is 1. The average molecular weight is 268 g/mol. The summed E-state index contributed by atoms with van der Waals surface area (Å²) in [5, 5.41) is 0.587. The molecule has 3 nitrogen and oxygen atoms in total. The fourth-order valence-electron chi connectivity index (χ4n) is 1.07. The van der Waals surface area contributed by atoms with Crippen molar-refractivity contribution < 1.29 is 8.42 Å². The summed E-state index contributed by atoms with van der Waals surface area (Å²) in [6.45, 7) is 1.79. The van der Waals surface area contributed by atoms with Gasteiger partial charge in [-0.05, 0) is 18.6 Å². The maximum absolute atomic E-state index is 11.5. The fourth-order valence-corrected chi connectivity index (χ4v) is 2.85. The second-order valence-electron chi connectivity index (χ2n) is 3.02. The van der Waals surface area contributed by atoms with Gasteiger partial charge in [0.2, 0.25) is 10.0 Å². The van der Waals surface area contributed by atoms with Crippen LogP contribution in [0, 0.1) is 0 Å². The van der Waals surface area contributed by atoms with Crippen molar-refractivity contribution in [2.45, 2.75) is 13.3 Å².